The van der Waals surface area contributed by atoms with Crippen molar-refractivity contribution in [3.8, 4) is 0 Å². The number of allylic oxidation sites excluding steroid dienone is 1. The number of aliphatic hydroxyl groups excluding tert-OH is 1. The molecule has 0 radical (unpaired) electrons. The van der Waals surface area contributed by atoms with E-state index >= 15 is 0 Å². The first-order chi connectivity index (χ1) is 12.6. The van der Waals surface area contributed by atoms with Gasteiger partial charge in [-0.2, -0.15) is 0 Å². The quantitative estimate of drug-likeness (QED) is 0.782. The summed E-state index contributed by atoms with van der Waals surface area (Å²) in [5.74, 6) is 0. The van der Waals surface area contributed by atoms with Crippen LogP contribution in [0.4, 0.5) is 0 Å². The summed E-state index contributed by atoms with van der Waals surface area (Å²) in [5, 5.41) is 10.5. The van der Waals surface area contributed by atoms with Gasteiger partial charge in [-0.25, -0.2) is 0 Å². The predicted octanol–water partition coefficient (Wildman–Crippen LogP) is 3.84. The van der Waals surface area contributed by atoms with Crippen LogP contribution >= 0.6 is 0 Å². The van der Waals surface area contributed by atoms with Crippen LogP contribution in [-0.2, 0) is 19.6 Å². The smallest absolute Gasteiger partial charge is 0.0852 e. The maximum absolute atomic E-state index is 9.18. The van der Waals surface area contributed by atoms with Crippen LogP contribution < -0.4 is 0 Å². The van der Waals surface area contributed by atoms with Gasteiger partial charge in [0.1, 0.15) is 0 Å². The minimum atomic E-state index is -0.0222. The zero-order valence-corrected chi connectivity index (χ0v) is 15.7. The molecule has 3 aromatic rings. The Hall–Kier alpha value is -2.43. The minimum absolute atomic E-state index is 0.0222. The predicted molar refractivity (Wildman–Crippen MR) is 107 cm³/mol. The van der Waals surface area contributed by atoms with Crippen LogP contribution in [0.2, 0.25) is 0 Å². The summed E-state index contributed by atoms with van der Waals surface area (Å²) in [7, 11) is 2.19. The highest BCUT2D eigenvalue weighted by atomic mass is 16.3. The van der Waals surface area contributed by atoms with E-state index < -0.39 is 0 Å². The van der Waals surface area contributed by atoms with E-state index in [1.807, 2.05) is 18.3 Å². The molecule has 1 aromatic carbocycles. The number of rotatable bonds is 3. The summed E-state index contributed by atoms with van der Waals surface area (Å²) in [6.45, 7) is 6.34. The van der Waals surface area contributed by atoms with Crippen molar-refractivity contribution in [1.82, 2.24) is 14.5 Å². The molecule has 0 amide bonds. The van der Waals surface area contributed by atoms with Gasteiger partial charge in [0.05, 0.1) is 17.8 Å². The maximum atomic E-state index is 9.18. The summed E-state index contributed by atoms with van der Waals surface area (Å²) in [6.07, 6.45) is 5.13. The maximum Gasteiger partial charge on any atom is 0.0852 e. The number of pyridine rings is 1. The van der Waals surface area contributed by atoms with E-state index in [9.17, 15) is 5.11 Å². The molecule has 26 heavy (non-hydrogen) atoms. The Morgan fingerprint density at radius 1 is 1.27 bits per heavy atom. The molecule has 0 saturated heterocycles. The van der Waals surface area contributed by atoms with E-state index in [-0.39, 0.29) is 6.61 Å². The lowest BCUT2D eigenvalue weighted by molar-refractivity contribution is 0.277. The summed E-state index contributed by atoms with van der Waals surface area (Å²) in [5.41, 5.74) is 8.39. The summed E-state index contributed by atoms with van der Waals surface area (Å²) in [4.78, 5) is 6.70. The average Bonchev–Trinajstić information content (AvgIpc) is 2.94. The minimum Gasteiger partial charge on any atom is -0.390 e. The van der Waals surface area contributed by atoms with Crippen molar-refractivity contribution in [3.63, 3.8) is 0 Å². The standard InChI is InChI=1S/C22H25N3O/c1-15-4-7-21-19(10-15)20-13-24(3)9-8-22(20)25(21)12-16(2)17-5-6-18(14-26)23-11-17/h4-7,10-12,26H,8-9,13-14H2,1-3H3/b16-12-. The molecule has 134 valence electrons. The Bertz CT molecular complexity index is 983. The number of aliphatic hydroxyl groups is 1. The second-order valence-electron chi connectivity index (χ2n) is 7.31. The molecule has 0 fully saturated rings. The molecular formula is C22H25N3O. The molecule has 1 aliphatic rings. The number of hydrogen-bond donors (Lipinski definition) is 1. The molecule has 2 aromatic heterocycles. The van der Waals surface area contributed by atoms with E-state index in [0.717, 1.165) is 25.1 Å². The van der Waals surface area contributed by atoms with Gasteiger partial charge in [0.15, 0.2) is 0 Å². The lowest BCUT2D eigenvalue weighted by Crippen LogP contribution is -2.26. The van der Waals surface area contributed by atoms with Gasteiger partial charge < -0.3 is 14.6 Å². The number of benzene rings is 1. The van der Waals surface area contributed by atoms with Crippen molar-refractivity contribution in [2.45, 2.75) is 33.4 Å². The first-order valence-electron chi connectivity index (χ1n) is 9.12. The molecular weight excluding hydrogens is 322 g/mol. The fraction of sp³-hybridized carbons (Fsp3) is 0.318. The van der Waals surface area contributed by atoms with Crippen molar-refractivity contribution < 1.29 is 5.11 Å². The van der Waals surface area contributed by atoms with Gasteiger partial charge in [-0.3, -0.25) is 4.98 Å². The van der Waals surface area contributed by atoms with E-state index in [1.54, 1.807) is 0 Å². The normalized spacial score (nSPS) is 15.5. The van der Waals surface area contributed by atoms with Gasteiger partial charge in [0.25, 0.3) is 0 Å². The summed E-state index contributed by atoms with van der Waals surface area (Å²) < 4.78 is 2.37. The largest absolute Gasteiger partial charge is 0.390 e. The van der Waals surface area contributed by atoms with Crippen molar-refractivity contribution in [2.75, 3.05) is 13.6 Å². The van der Waals surface area contributed by atoms with E-state index in [1.165, 1.54) is 33.3 Å². The highest BCUT2D eigenvalue weighted by Gasteiger charge is 2.21. The van der Waals surface area contributed by atoms with Crippen LogP contribution in [0.1, 0.15) is 35.0 Å². The van der Waals surface area contributed by atoms with Gasteiger partial charge in [-0.1, -0.05) is 17.7 Å². The Balaban J connectivity index is 1.85. The third-order valence-corrected chi connectivity index (χ3v) is 5.30. The Morgan fingerprint density at radius 3 is 2.85 bits per heavy atom. The van der Waals surface area contributed by atoms with Crippen LogP contribution in [0.15, 0.2) is 36.5 Å². The molecule has 3 heterocycles. The Morgan fingerprint density at radius 2 is 2.12 bits per heavy atom. The first-order valence-corrected chi connectivity index (χ1v) is 9.12. The lowest BCUT2D eigenvalue weighted by Gasteiger charge is -2.23. The molecule has 0 aliphatic carbocycles. The van der Waals surface area contributed by atoms with Crippen molar-refractivity contribution in [1.29, 1.82) is 0 Å². The topological polar surface area (TPSA) is 41.3 Å². The molecule has 4 nitrogen and oxygen atoms in total. The second-order valence-corrected chi connectivity index (χ2v) is 7.31. The van der Waals surface area contributed by atoms with Crippen LogP contribution in [0.5, 0.6) is 0 Å². The molecule has 0 bridgehead atoms. The molecule has 0 atom stereocenters. The number of nitrogens with zero attached hydrogens (tertiary/aromatic N) is 3. The van der Waals surface area contributed by atoms with Gasteiger partial charge in [-0.05, 0) is 55.8 Å². The number of likely N-dealkylation sites (N-methyl/N-ethyl adjacent to an activating group) is 1. The third kappa shape index (κ3) is 2.96. The second kappa shape index (κ2) is 6.71. The van der Waals surface area contributed by atoms with Crippen LogP contribution in [0.25, 0.3) is 22.7 Å². The molecule has 0 saturated carbocycles. The average molecular weight is 347 g/mol. The van der Waals surface area contributed by atoms with Crippen molar-refractivity contribution in [3.05, 3.63) is 64.6 Å². The van der Waals surface area contributed by atoms with Gasteiger partial charge in [0.2, 0.25) is 0 Å². The van der Waals surface area contributed by atoms with Gasteiger partial charge >= 0.3 is 0 Å². The van der Waals surface area contributed by atoms with Gasteiger partial charge in [0, 0.05) is 43.0 Å². The summed E-state index contributed by atoms with van der Waals surface area (Å²) in [6, 6.07) is 10.6. The molecule has 4 rings (SSSR count). The molecule has 0 unspecified atom stereocenters. The first kappa shape index (κ1) is 17.0. The lowest BCUT2D eigenvalue weighted by atomic mass is 10.0. The van der Waals surface area contributed by atoms with Crippen molar-refractivity contribution >= 4 is 22.7 Å². The van der Waals surface area contributed by atoms with Crippen LogP contribution in [-0.4, -0.2) is 33.1 Å². The highest BCUT2D eigenvalue weighted by Crippen LogP contribution is 2.32. The Kier molecular flexibility index (Phi) is 4.39. The number of hydrogen-bond acceptors (Lipinski definition) is 3. The van der Waals surface area contributed by atoms with Crippen LogP contribution in [0.3, 0.4) is 0 Å². The fourth-order valence-corrected chi connectivity index (χ4v) is 3.81. The molecule has 0 spiro atoms. The monoisotopic (exact) mass is 347 g/mol. The highest BCUT2D eigenvalue weighted by molar-refractivity contribution is 5.90. The van der Waals surface area contributed by atoms with E-state index in [0.29, 0.717) is 5.69 Å². The zero-order chi connectivity index (χ0) is 18.3. The van der Waals surface area contributed by atoms with Crippen LogP contribution in [0, 0.1) is 6.92 Å². The number of fused-ring (bicyclic) bond motifs is 3. The number of aromatic nitrogens is 2. The third-order valence-electron chi connectivity index (χ3n) is 5.30. The Labute approximate surface area is 154 Å². The zero-order valence-electron chi connectivity index (χ0n) is 15.7. The van der Waals surface area contributed by atoms with E-state index in [2.05, 4.69) is 59.7 Å². The SMILES string of the molecule is C/C(=C/n1c2c(c3cc(C)ccc31)CN(C)CC2)c1ccc(CO)nc1. The molecule has 1 N–H and O–H groups in total. The molecule has 1 aliphatic heterocycles. The van der Waals surface area contributed by atoms with Gasteiger partial charge in [-0.15, -0.1) is 0 Å². The van der Waals surface area contributed by atoms with E-state index in [4.69, 9.17) is 0 Å². The van der Waals surface area contributed by atoms with Crippen molar-refractivity contribution in [2.24, 2.45) is 0 Å². The number of aryl methyl sites for hydroxylation is 1. The summed E-state index contributed by atoms with van der Waals surface area (Å²) >= 11 is 0. The fourth-order valence-electron chi connectivity index (χ4n) is 3.81. The molecule has 4 heteroatoms.